The van der Waals surface area contributed by atoms with E-state index in [4.69, 9.17) is 0 Å². The molecule has 1 fully saturated rings. The SMILES string of the molecule is CCN1[C@H](C)CN(I)C[C@@H]1C. The van der Waals surface area contributed by atoms with Crippen molar-refractivity contribution in [3.05, 3.63) is 0 Å². The number of likely N-dealkylation sites (N-methyl/N-ethyl adjacent to an activating group) is 1. The van der Waals surface area contributed by atoms with Crippen LogP contribution in [-0.4, -0.2) is 39.7 Å². The average Bonchev–Trinajstić information content (AvgIpc) is 1.85. The van der Waals surface area contributed by atoms with Gasteiger partial charge in [0.1, 0.15) is 0 Å². The monoisotopic (exact) mass is 268 g/mol. The van der Waals surface area contributed by atoms with E-state index in [9.17, 15) is 0 Å². The Labute approximate surface area is 83.4 Å². The highest BCUT2D eigenvalue weighted by molar-refractivity contribution is 14.1. The van der Waals surface area contributed by atoms with Crippen molar-refractivity contribution in [1.29, 1.82) is 0 Å². The van der Waals surface area contributed by atoms with E-state index in [1.54, 1.807) is 0 Å². The highest BCUT2D eigenvalue weighted by Crippen LogP contribution is 2.17. The number of piperazine rings is 1. The summed E-state index contributed by atoms with van der Waals surface area (Å²) >= 11 is 2.42. The highest BCUT2D eigenvalue weighted by atomic mass is 127. The Morgan fingerprint density at radius 1 is 1.27 bits per heavy atom. The van der Waals surface area contributed by atoms with Gasteiger partial charge in [0.05, 0.1) is 0 Å². The number of nitrogens with zero attached hydrogens (tertiary/aromatic N) is 2. The summed E-state index contributed by atoms with van der Waals surface area (Å²) in [6.45, 7) is 10.5. The molecule has 3 heteroatoms. The molecule has 0 spiro atoms. The van der Waals surface area contributed by atoms with E-state index < -0.39 is 0 Å². The summed E-state index contributed by atoms with van der Waals surface area (Å²) in [6.07, 6.45) is 0. The van der Waals surface area contributed by atoms with E-state index in [0.717, 1.165) is 12.1 Å². The van der Waals surface area contributed by atoms with Crippen LogP contribution in [0.5, 0.6) is 0 Å². The maximum atomic E-state index is 2.56. The van der Waals surface area contributed by atoms with Gasteiger partial charge in [0, 0.05) is 48.0 Å². The molecule has 0 saturated carbocycles. The molecular weight excluding hydrogens is 251 g/mol. The molecule has 0 N–H and O–H groups in total. The molecule has 0 bridgehead atoms. The first-order valence-electron chi connectivity index (χ1n) is 4.31. The summed E-state index contributed by atoms with van der Waals surface area (Å²) in [7, 11) is 0. The third-order valence-electron chi connectivity index (χ3n) is 2.42. The Morgan fingerprint density at radius 2 is 1.73 bits per heavy atom. The molecule has 0 radical (unpaired) electrons. The third-order valence-corrected chi connectivity index (χ3v) is 3.21. The first kappa shape index (κ1) is 9.74. The average molecular weight is 268 g/mol. The first-order valence-corrected chi connectivity index (χ1v) is 5.28. The Kier molecular flexibility index (Phi) is 3.58. The zero-order valence-corrected chi connectivity index (χ0v) is 9.71. The molecule has 1 rings (SSSR count). The van der Waals surface area contributed by atoms with Gasteiger partial charge in [-0.2, -0.15) is 0 Å². The first-order chi connectivity index (χ1) is 5.15. The fourth-order valence-corrected chi connectivity index (χ4v) is 3.06. The molecule has 0 aliphatic carbocycles. The van der Waals surface area contributed by atoms with E-state index in [1.807, 2.05) is 0 Å². The van der Waals surface area contributed by atoms with Gasteiger partial charge in [-0.15, -0.1) is 0 Å². The van der Waals surface area contributed by atoms with Crippen LogP contribution in [0.1, 0.15) is 20.8 Å². The second-order valence-electron chi connectivity index (χ2n) is 3.36. The predicted molar refractivity (Wildman–Crippen MR) is 56.9 cm³/mol. The Hall–Kier alpha value is 0.650. The fourth-order valence-electron chi connectivity index (χ4n) is 1.92. The van der Waals surface area contributed by atoms with Crippen molar-refractivity contribution in [2.45, 2.75) is 32.9 Å². The molecule has 0 aromatic carbocycles. The Morgan fingerprint density at radius 3 is 2.09 bits per heavy atom. The van der Waals surface area contributed by atoms with Crippen molar-refractivity contribution in [1.82, 2.24) is 8.01 Å². The zero-order chi connectivity index (χ0) is 8.43. The fraction of sp³-hybridized carbons (Fsp3) is 1.00. The van der Waals surface area contributed by atoms with Gasteiger partial charge >= 0.3 is 0 Å². The van der Waals surface area contributed by atoms with Gasteiger partial charge < -0.3 is 0 Å². The smallest absolute Gasteiger partial charge is 0.0235 e. The molecular formula is C8H17IN2. The van der Waals surface area contributed by atoms with Gasteiger partial charge in [-0.05, 0) is 20.4 Å². The van der Waals surface area contributed by atoms with Crippen LogP contribution in [0.15, 0.2) is 0 Å². The molecule has 66 valence electrons. The normalized spacial score (nSPS) is 36.0. The molecule has 2 nitrogen and oxygen atoms in total. The summed E-state index contributed by atoms with van der Waals surface area (Å²) in [4.78, 5) is 2.56. The minimum atomic E-state index is 0.723. The number of hydrogen-bond donors (Lipinski definition) is 0. The molecule has 1 aliphatic heterocycles. The molecule has 1 heterocycles. The van der Waals surface area contributed by atoms with E-state index in [-0.39, 0.29) is 0 Å². The molecule has 1 saturated heterocycles. The lowest BCUT2D eigenvalue weighted by Crippen LogP contribution is -2.53. The summed E-state index contributed by atoms with van der Waals surface area (Å²) < 4.78 is 2.39. The maximum Gasteiger partial charge on any atom is 0.0235 e. The quantitative estimate of drug-likeness (QED) is 0.528. The second-order valence-corrected chi connectivity index (χ2v) is 4.72. The minimum Gasteiger partial charge on any atom is -0.296 e. The van der Waals surface area contributed by atoms with Crippen molar-refractivity contribution in [2.75, 3.05) is 19.6 Å². The Balaban J connectivity index is 2.52. The van der Waals surface area contributed by atoms with E-state index in [1.165, 1.54) is 19.6 Å². The van der Waals surface area contributed by atoms with Crippen LogP contribution < -0.4 is 0 Å². The van der Waals surface area contributed by atoms with Gasteiger partial charge in [-0.1, -0.05) is 6.92 Å². The summed E-state index contributed by atoms with van der Waals surface area (Å²) in [5.74, 6) is 0. The Bertz CT molecular complexity index is 117. The molecule has 0 aromatic rings. The van der Waals surface area contributed by atoms with Crippen LogP contribution in [0.3, 0.4) is 0 Å². The van der Waals surface area contributed by atoms with Gasteiger partial charge in [0.25, 0.3) is 0 Å². The summed E-state index contributed by atoms with van der Waals surface area (Å²) in [6, 6.07) is 1.45. The van der Waals surface area contributed by atoms with Crippen LogP contribution in [-0.2, 0) is 0 Å². The van der Waals surface area contributed by atoms with Crippen molar-refractivity contribution < 1.29 is 0 Å². The molecule has 11 heavy (non-hydrogen) atoms. The maximum absolute atomic E-state index is 2.56. The van der Waals surface area contributed by atoms with Crippen LogP contribution in [0.25, 0.3) is 0 Å². The van der Waals surface area contributed by atoms with Crippen LogP contribution in [0.2, 0.25) is 0 Å². The molecule has 0 aromatic heterocycles. The van der Waals surface area contributed by atoms with Crippen LogP contribution >= 0.6 is 22.9 Å². The van der Waals surface area contributed by atoms with E-state index >= 15 is 0 Å². The lowest BCUT2D eigenvalue weighted by Gasteiger charge is -2.41. The van der Waals surface area contributed by atoms with Crippen molar-refractivity contribution in [3.63, 3.8) is 0 Å². The van der Waals surface area contributed by atoms with Crippen molar-refractivity contribution >= 4 is 22.9 Å². The van der Waals surface area contributed by atoms with Crippen molar-refractivity contribution in [2.24, 2.45) is 0 Å². The number of rotatable bonds is 1. The standard InChI is InChI=1S/C8H17IN2/c1-4-11-7(2)5-10(9)6-8(11)3/h7-8H,4-6H2,1-3H3/t7-,8+. The number of halogens is 1. The lowest BCUT2D eigenvalue weighted by molar-refractivity contribution is 0.0951. The molecule has 0 unspecified atom stereocenters. The molecule has 1 aliphatic rings. The van der Waals surface area contributed by atoms with Crippen molar-refractivity contribution in [3.8, 4) is 0 Å². The molecule has 2 atom stereocenters. The van der Waals surface area contributed by atoms with Gasteiger partial charge in [0.2, 0.25) is 0 Å². The zero-order valence-electron chi connectivity index (χ0n) is 7.55. The van der Waals surface area contributed by atoms with Gasteiger partial charge in [-0.3, -0.25) is 4.90 Å². The van der Waals surface area contributed by atoms with Gasteiger partial charge in [-0.25, -0.2) is 3.11 Å². The second kappa shape index (κ2) is 4.05. The number of hydrogen-bond acceptors (Lipinski definition) is 2. The van der Waals surface area contributed by atoms with Crippen LogP contribution in [0, 0.1) is 0 Å². The van der Waals surface area contributed by atoms with E-state index in [0.29, 0.717) is 0 Å². The van der Waals surface area contributed by atoms with Crippen LogP contribution in [0.4, 0.5) is 0 Å². The summed E-state index contributed by atoms with van der Waals surface area (Å²) in [5, 5.41) is 0. The highest BCUT2D eigenvalue weighted by Gasteiger charge is 2.26. The largest absolute Gasteiger partial charge is 0.296 e. The van der Waals surface area contributed by atoms with Gasteiger partial charge in [0.15, 0.2) is 0 Å². The van der Waals surface area contributed by atoms with E-state index in [2.05, 4.69) is 51.6 Å². The minimum absolute atomic E-state index is 0.723. The third kappa shape index (κ3) is 2.29. The predicted octanol–water partition coefficient (Wildman–Crippen LogP) is 1.75. The lowest BCUT2D eigenvalue weighted by atomic mass is 10.1. The molecule has 0 amide bonds. The summed E-state index contributed by atoms with van der Waals surface area (Å²) in [5.41, 5.74) is 0. The topological polar surface area (TPSA) is 6.48 Å².